The van der Waals surface area contributed by atoms with E-state index in [1.165, 1.54) is 0 Å². The molecule has 1 amide bonds. The van der Waals surface area contributed by atoms with Gasteiger partial charge in [0, 0.05) is 48.6 Å². The normalized spacial score (nSPS) is 14.5. The number of carbonyl (C=O) groups is 1. The highest BCUT2D eigenvalue weighted by Gasteiger charge is 2.32. The van der Waals surface area contributed by atoms with Gasteiger partial charge in [-0.3, -0.25) is 4.68 Å². The molecule has 0 saturated carbocycles. The van der Waals surface area contributed by atoms with Crippen molar-refractivity contribution in [1.82, 2.24) is 19.7 Å². The molecule has 1 N–H and O–H groups in total. The fraction of sp³-hybridized carbons (Fsp3) is 0.279. The number of nitrogens with one attached hydrogen (secondary N) is 1. The molecule has 53 heavy (non-hydrogen) atoms. The molecular formula is C43H45N5O5. The molecule has 272 valence electrons. The summed E-state index contributed by atoms with van der Waals surface area (Å²) in [5.41, 5.74) is 4.95. The average Bonchev–Trinajstić information content (AvgIpc) is 3.58. The first-order valence-corrected chi connectivity index (χ1v) is 17.9. The SMILES string of the molecule is COc1ccc(CNc2ncc(-c3ccccc3)c3c2c(-c2ccc(Oc4ccccc4)cc2)nn3C2CCCN(C(=O)OC(C)(C)C)C2)c(OC)c1. The molecule has 7 rings (SSSR count). The number of anilines is 1. The van der Waals surface area contributed by atoms with Gasteiger partial charge in [0.2, 0.25) is 0 Å². The number of carbonyl (C=O) groups excluding carboxylic acids is 1. The highest BCUT2D eigenvalue weighted by molar-refractivity contribution is 6.07. The third-order valence-corrected chi connectivity index (χ3v) is 9.25. The van der Waals surface area contributed by atoms with Crippen LogP contribution in [0.1, 0.15) is 45.2 Å². The Kier molecular flexibility index (Phi) is 10.2. The van der Waals surface area contributed by atoms with Crippen molar-refractivity contribution in [3.8, 4) is 45.4 Å². The van der Waals surface area contributed by atoms with Crippen molar-refractivity contribution < 1.29 is 23.7 Å². The number of rotatable bonds is 10. The number of benzene rings is 4. The zero-order chi connectivity index (χ0) is 37.0. The van der Waals surface area contributed by atoms with Crippen LogP contribution < -0.4 is 19.5 Å². The number of para-hydroxylation sites is 1. The largest absolute Gasteiger partial charge is 0.497 e. The first kappa shape index (κ1) is 35.4. The molecular weight excluding hydrogens is 667 g/mol. The van der Waals surface area contributed by atoms with Crippen LogP contribution in [0.4, 0.5) is 10.6 Å². The van der Waals surface area contributed by atoms with Gasteiger partial charge in [-0.2, -0.15) is 5.10 Å². The second-order valence-corrected chi connectivity index (χ2v) is 14.1. The van der Waals surface area contributed by atoms with Gasteiger partial charge < -0.3 is 29.2 Å². The minimum absolute atomic E-state index is 0.104. The lowest BCUT2D eigenvalue weighted by atomic mass is 10.0. The van der Waals surface area contributed by atoms with Crippen LogP contribution in [-0.2, 0) is 11.3 Å². The van der Waals surface area contributed by atoms with Crippen LogP contribution >= 0.6 is 0 Å². The molecule has 0 spiro atoms. The Balaban J connectivity index is 1.36. The Morgan fingerprint density at radius 3 is 2.25 bits per heavy atom. The molecule has 10 heteroatoms. The van der Waals surface area contributed by atoms with Gasteiger partial charge in [0.05, 0.1) is 31.2 Å². The van der Waals surface area contributed by atoms with E-state index in [1.54, 1.807) is 19.1 Å². The van der Waals surface area contributed by atoms with E-state index in [0.717, 1.165) is 68.9 Å². The molecule has 4 aromatic carbocycles. The number of amides is 1. The van der Waals surface area contributed by atoms with Crippen molar-refractivity contribution in [2.45, 2.75) is 51.8 Å². The summed E-state index contributed by atoms with van der Waals surface area (Å²) in [7, 11) is 3.29. The molecule has 1 aliphatic rings. The first-order valence-electron chi connectivity index (χ1n) is 17.9. The van der Waals surface area contributed by atoms with E-state index >= 15 is 0 Å². The van der Waals surface area contributed by atoms with Crippen molar-refractivity contribution in [1.29, 1.82) is 0 Å². The molecule has 0 radical (unpaired) electrons. The van der Waals surface area contributed by atoms with E-state index in [9.17, 15) is 4.79 Å². The standard InChI is InChI=1S/C43H45N5O5/c1-43(2,3)53-42(49)47-24-12-15-32(28-47)48-40-36(29-13-8-6-9-14-29)27-45-41(44-26-31-20-23-35(50-4)25-37(31)51-5)38(40)39(46-48)30-18-21-34(22-19-30)52-33-16-10-7-11-17-33/h6-11,13-14,16-23,25,27,32H,12,15,24,26,28H2,1-5H3,(H,44,45). The molecule has 1 fully saturated rings. The summed E-state index contributed by atoms with van der Waals surface area (Å²) in [5, 5.41) is 9.90. The number of pyridine rings is 1. The summed E-state index contributed by atoms with van der Waals surface area (Å²) >= 11 is 0. The Morgan fingerprint density at radius 1 is 0.849 bits per heavy atom. The van der Waals surface area contributed by atoms with E-state index in [1.807, 2.05) is 118 Å². The number of fused-ring (bicyclic) bond motifs is 1. The van der Waals surface area contributed by atoms with E-state index in [4.69, 9.17) is 29.0 Å². The van der Waals surface area contributed by atoms with Gasteiger partial charge in [0.25, 0.3) is 0 Å². The number of nitrogens with zero attached hydrogens (tertiary/aromatic N) is 4. The summed E-state index contributed by atoms with van der Waals surface area (Å²) in [6, 6.07) is 33.6. The summed E-state index contributed by atoms with van der Waals surface area (Å²) in [4.78, 5) is 20.2. The van der Waals surface area contributed by atoms with Crippen molar-refractivity contribution in [3.63, 3.8) is 0 Å². The topological polar surface area (TPSA) is 100.0 Å². The zero-order valence-electron chi connectivity index (χ0n) is 30.8. The molecule has 10 nitrogen and oxygen atoms in total. The number of methoxy groups -OCH3 is 2. The second-order valence-electron chi connectivity index (χ2n) is 14.1. The third-order valence-electron chi connectivity index (χ3n) is 9.25. The van der Waals surface area contributed by atoms with Crippen molar-refractivity contribution >= 4 is 22.8 Å². The van der Waals surface area contributed by atoms with Crippen LogP contribution in [-0.4, -0.2) is 58.7 Å². The van der Waals surface area contributed by atoms with Gasteiger partial charge in [-0.1, -0.05) is 48.5 Å². The van der Waals surface area contributed by atoms with Crippen LogP contribution in [0.2, 0.25) is 0 Å². The predicted octanol–water partition coefficient (Wildman–Crippen LogP) is 9.76. The summed E-state index contributed by atoms with van der Waals surface area (Å²) < 4.78 is 25.2. The summed E-state index contributed by atoms with van der Waals surface area (Å²) in [6.07, 6.45) is 3.27. The average molecular weight is 712 g/mol. The summed E-state index contributed by atoms with van der Waals surface area (Å²) in [6.45, 7) is 7.23. The minimum Gasteiger partial charge on any atom is -0.497 e. The van der Waals surface area contributed by atoms with E-state index < -0.39 is 5.60 Å². The fourth-order valence-corrected chi connectivity index (χ4v) is 6.73. The van der Waals surface area contributed by atoms with Gasteiger partial charge in [0.1, 0.15) is 40.1 Å². The van der Waals surface area contributed by atoms with Gasteiger partial charge in [0.15, 0.2) is 0 Å². The van der Waals surface area contributed by atoms with E-state index in [0.29, 0.717) is 31.2 Å². The molecule has 6 aromatic rings. The molecule has 1 saturated heterocycles. The molecule has 2 aromatic heterocycles. The quantitative estimate of drug-likeness (QED) is 0.150. The van der Waals surface area contributed by atoms with Crippen LogP contribution in [0.15, 0.2) is 109 Å². The van der Waals surface area contributed by atoms with Crippen LogP contribution in [0, 0.1) is 0 Å². The van der Waals surface area contributed by atoms with Crippen molar-refractivity contribution in [2.75, 3.05) is 32.6 Å². The van der Waals surface area contributed by atoms with E-state index in [-0.39, 0.29) is 12.1 Å². The predicted molar refractivity (Wildman–Crippen MR) is 208 cm³/mol. The van der Waals surface area contributed by atoms with E-state index in [2.05, 4.69) is 22.1 Å². The zero-order valence-corrected chi connectivity index (χ0v) is 30.8. The van der Waals surface area contributed by atoms with Crippen molar-refractivity contribution in [2.24, 2.45) is 0 Å². The second kappa shape index (κ2) is 15.3. The maximum atomic E-state index is 13.3. The monoisotopic (exact) mass is 711 g/mol. The molecule has 0 bridgehead atoms. The number of hydrogen-bond donors (Lipinski definition) is 1. The van der Waals surface area contributed by atoms with Gasteiger partial charge in [-0.25, -0.2) is 9.78 Å². The third kappa shape index (κ3) is 7.91. The Hall–Kier alpha value is -6.03. The lowest BCUT2D eigenvalue weighted by Gasteiger charge is -2.34. The number of aromatic nitrogens is 3. The number of piperidine rings is 1. The smallest absolute Gasteiger partial charge is 0.410 e. The van der Waals surface area contributed by atoms with Crippen LogP contribution in [0.25, 0.3) is 33.3 Å². The maximum absolute atomic E-state index is 13.3. The lowest BCUT2D eigenvalue weighted by Crippen LogP contribution is -2.43. The van der Waals surface area contributed by atoms with Gasteiger partial charge in [-0.05, 0) is 87.7 Å². The molecule has 1 unspecified atom stereocenters. The Morgan fingerprint density at radius 2 is 1.55 bits per heavy atom. The molecule has 0 aliphatic carbocycles. The lowest BCUT2D eigenvalue weighted by molar-refractivity contribution is 0.0169. The van der Waals surface area contributed by atoms with Gasteiger partial charge in [-0.15, -0.1) is 0 Å². The summed E-state index contributed by atoms with van der Waals surface area (Å²) in [5.74, 6) is 3.59. The highest BCUT2D eigenvalue weighted by Crippen LogP contribution is 2.41. The first-order chi connectivity index (χ1) is 25.7. The van der Waals surface area contributed by atoms with Crippen LogP contribution in [0.3, 0.4) is 0 Å². The maximum Gasteiger partial charge on any atom is 0.410 e. The molecule has 3 heterocycles. The molecule has 1 aliphatic heterocycles. The van der Waals surface area contributed by atoms with Gasteiger partial charge >= 0.3 is 6.09 Å². The van der Waals surface area contributed by atoms with Crippen LogP contribution in [0.5, 0.6) is 23.0 Å². The Labute approximate surface area is 310 Å². The minimum atomic E-state index is -0.592. The number of likely N-dealkylation sites (tertiary alicyclic amines) is 1. The highest BCUT2D eigenvalue weighted by atomic mass is 16.6. The Bertz CT molecular complexity index is 2180. The number of ether oxygens (including phenoxy) is 4. The van der Waals surface area contributed by atoms with Crippen molar-refractivity contribution in [3.05, 3.63) is 115 Å². The molecule has 1 atom stereocenters. The fourth-order valence-electron chi connectivity index (χ4n) is 6.73. The number of hydrogen-bond acceptors (Lipinski definition) is 8.